The summed E-state index contributed by atoms with van der Waals surface area (Å²) in [6, 6.07) is 21.9. The normalized spacial score (nSPS) is 22.5. The lowest BCUT2D eigenvalue weighted by molar-refractivity contribution is -0.148. The molecule has 0 saturated carbocycles. The number of benzene rings is 3. The number of nitrogens with one attached hydrogen (secondary N) is 2. The van der Waals surface area contributed by atoms with Crippen molar-refractivity contribution in [2.45, 2.75) is 89.1 Å². The van der Waals surface area contributed by atoms with E-state index in [1.165, 1.54) is 11.8 Å². The fraction of sp³-hybridized carbons (Fsp3) is 0.386. The first-order valence-corrected chi connectivity index (χ1v) is 19.1. The summed E-state index contributed by atoms with van der Waals surface area (Å²) in [6.07, 6.45) is 3.49. The molecule has 4 atom stereocenters. The molecule has 3 aromatic carbocycles. The number of fused-ring (bicyclic) bond motifs is 4. The van der Waals surface area contributed by atoms with Gasteiger partial charge in [0.15, 0.2) is 0 Å². The fourth-order valence-electron chi connectivity index (χ4n) is 6.94. The zero-order valence-corrected chi connectivity index (χ0v) is 32.9. The summed E-state index contributed by atoms with van der Waals surface area (Å²) in [4.78, 5) is 61.3. The number of carbonyl (C=O) groups is 4. The number of alkyl carbamates (subject to hydrolysis) is 1. The number of aromatic nitrogens is 1. The fourth-order valence-corrected chi connectivity index (χ4v) is 6.94. The molecule has 6 rings (SSSR count). The van der Waals surface area contributed by atoms with Gasteiger partial charge in [-0.2, -0.15) is 0 Å². The van der Waals surface area contributed by atoms with Crippen molar-refractivity contribution >= 4 is 34.8 Å². The van der Waals surface area contributed by atoms with Crippen molar-refractivity contribution in [2.75, 3.05) is 20.3 Å². The van der Waals surface area contributed by atoms with Gasteiger partial charge in [0.1, 0.15) is 46.6 Å². The molecule has 3 amide bonds. The molecule has 0 spiro atoms. The highest BCUT2D eigenvalue weighted by Crippen LogP contribution is 2.35. The van der Waals surface area contributed by atoms with E-state index in [9.17, 15) is 24.3 Å². The first kappa shape index (κ1) is 40.6. The number of hydrogen-bond acceptors (Lipinski definition) is 9. The molecule has 13 nitrogen and oxygen atoms in total. The van der Waals surface area contributed by atoms with Crippen LogP contribution in [0.1, 0.15) is 58.9 Å². The van der Waals surface area contributed by atoms with Crippen LogP contribution in [-0.4, -0.2) is 88.5 Å². The van der Waals surface area contributed by atoms with Crippen LogP contribution in [0.3, 0.4) is 0 Å². The summed E-state index contributed by atoms with van der Waals surface area (Å²) < 4.78 is 23.8. The molecular weight excluding hydrogens is 729 g/mol. The first-order valence-electron chi connectivity index (χ1n) is 19.1. The van der Waals surface area contributed by atoms with Crippen molar-refractivity contribution < 1.29 is 43.2 Å². The maximum atomic E-state index is 14.8. The number of carbonyl (C=O) groups excluding carboxylic acids is 3. The first-order chi connectivity index (χ1) is 27.2. The van der Waals surface area contributed by atoms with Gasteiger partial charge < -0.3 is 39.6 Å². The molecule has 1 fully saturated rings. The zero-order chi connectivity index (χ0) is 40.7. The highest BCUT2D eigenvalue weighted by atomic mass is 16.6. The van der Waals surface area contributed by atoms with E-state index >= 15 is 0 Å². The summed E-state index contributed by atoms with van der Waals surface area (Å²) in [5.74, 6) is -0.758. The number of nitrogens with zero attached hydrogens (tertiary/aromatic N) is 2. The van der Waals surface area contributed by atoms with Crippen LogP contribution in [0.2, 0.25) is 0 Å². The Kier molecular flexibility index (Phi) is 12.3. The van der Waals surface area contributed by atoms with Gasteiger partial charge in [0, 0.05) is 35.9 Å². The van der Waals surface area contributed by atoms with Gasteiger partial charge in [-0.05, 0) is 76.8 Å². The van der Waals surface area contributed by atoms with Crippen molar-refractivity contribution in [3.8, 4) is 28.5 Å². The molecular formula is C44H50N4O9. The highest BCUT2D eigenvalue weighted by molar-refractivity contribution is 5.95. The van der Waals surface area contributed by atoms with Crippen LogP contribution in [0.15, 0.2) is 91.0 Å². The van der Waals surface area contributed by atoms with Crippen molar-refractivity contribution in [1.29, 1.82) is 0 Å². The molecule has 3 N–H and O–H groups in total. The van der Waals surface area contributed by atoms with Gasteiger partial charge in [0.2, 0.25) is 11.8 Å². The van der Waals surface area contributed by atoms with E-state index in [4.69, 9.17) is 23.9 Å². The van der Waals surface area contributed by atoms with Crippen LogP contribution < -0.4 is 24.8 Å². The van der Waals surface area contributed by atoms with Crippen molar-refractivity contribution in [3.63, 3.8) is 0 Å². The van der Waals surface area contributed by atoms with Crippen LogP contribution in [0.5, 0.6) is 17.2 Å². The van der Waals surface area contributed by atoms with Gasteiger partial charge >= 0.3 is 12.1 Å². The number of pyridine rings is 1. The number of ether oxygens (including phenoxy) is 4. The molecule has 57 heavy (non-hydrogen) atoms. The van der Waals surface area contributed by atoms with Gasteiger partial charge in [-0.1, -0.05) is 54.6 Å². The molecule has 0 radical (unpaired) electrons. The van der Waals surface area contributed by atoms with E-state index < -0.39 is 53.2 Å². The predicted octanol–water partition coefficient (Wildman–Crippen LogP) is 6.47. The van der Waals surface area contributed by atoms with Gasteiger partial charge in [0.25, 0.3) is 0 Å². The summed E-state index contributed by atoms with van der Waals surface area (Å²) in [6.45, 7) is 6.96. The Bertz CT molecular complexity index is 2130. The highest BCUT2D eigenvalue weighted by Gasteiger charge is 2.46. The SMILES string of the molecule is COc1ccc2c(O[C@@H]3C[C@H]4C(=O)N[C@@](C)(C(=O)O)C/C=C/CCCOc5cccc(c5)C[C@@H](NC(=O)OC(C)(C)C)C(=O)N4C3)cc(-c3ccccc3)nc2c1. The lowest BCUT2D eigenvalue weighted by Crippen LogP contribution is -2.59. The number of hydrogen-bond donors (Lipinski definition) is 3. The van der Waals surface area contributed by atoms with E-state index in [1.807, 2.05) is 78.9 Å². The molecule has 0 unspecified atom stereocenters. The van der Waals surface area contributed by atoms with Gasteiger partial charge in [-0.15, -0.1) is 0 Å². The largest absolute Gasteiger partial charge is 0.497 e. The average Bonchev–Trinajstić information content (AvgIpc) is 3.60. The quantitative estimate of drug-likeness (QED) is 0.185. The molecule has 3 heterocycles. The molecule has 4 aromatic rings. The third-order valence-electron chi connectivity index (χ3n) is 9.87. The maximum Gasteiger partial charge on any atom is 0.408 e. The van der Waals surface area contributed by atoms with E-state index in [0.717, 1.165) is 5.56 Å². The Morgan fingerprint density at radius 2 is 1.81 bits per heavy atom. The molecule has 300 valence electrons. The lowest BCUT2D eigenvalue weighted by atomic mass is 9.96. The number of amides is 3. The topological polar surface area (TPSA) is 166 Å². The van der Waals surface area contributed by atoms with Crippen LogP contribution in [0.25, 0.3) is 22.2 Å². The minimum atomic E-state index is -1.68. The smallest absolute Gasteiger partial charge is 0.408 e. The summed E-state index contributed by atoms with van der Waals surface area (Å²) in [5.41, 5.74) is 0.301. The number of carboxylic acid groups (broad SMARTS) is 1. The van der Waals surface area contributed by atoms with E-state index in [0.29, 0.717) is 58.9 Å². The van der Waals surface area contributed by atoms with Gasteiger partial charge in [0.05, 0.1) is 31.5 Å². The van der Waals surface area contributed by atoms with Crippen LogP contribution in [0, 0.1) is 0 Å². The van der Waals surface area contributed by atoms with Gasteiger partial charge in [-0.3, -0.25) is 9.59 Å². The molecule has 1 saturated heterocycles. The Morgan fingerprint density at radius 3 is 2.54 bits per heavy atom. The summed E-state index contributed by atoms with van der Waals surface area (Å²) in [7, 11) is 1.58. The number of methoxy groups -OCH3 is 1. The monoisotopic (exact) mass is 778 g/mol. The molecule has 2 bridgehead atoms. The number of rotatable bonds is 6. The van der Waals surface area contributed by atoms with Crippen LogP contribution in [-0.2, 0) is 25.5 Å². The molecule has 1 aromatic heterocycles. The summed E-state index contributed by atoms with van der Waals surface area (Å²) >= 11 is 0. The van der Waals surface area contributed by atoms with E-state index in [2.05, 4.69) is 10.6 Å². The third-order valence-corrected chi connectivity index (χ3v) is 9.87. The standard InChI is InChI=1S/C44H50N4O9/c1-43(2,3)57-42(53)46-36-23-28-14-13-17-31(22-28)55-21-12-7-6-11-20-44(4,41(51)52)47-39(49)37-25-32(27-48(37)40(36)50)56-38-26-34(29-15-9-8-10-16-29)45-35-24-30(54-5)18-19-33(35)38/h6,8-11,13-19,22,24,26,32,36-37H,7,12,20-21,23,25,27H2,1-5H3,(H,46,53)(H,47,49)(H,51,52)/b11-6+/t32-,36-,37+,44-/m1/s1. The average molecular weight is 779 g/mol. The van der Waals surface area contributed by atoms with Crippen molar-refractivity contribution in [1.82, 2.24) is 20.5 Å². The van der Waals surface area contributed by atoms with E-state index in [-0.39, 0.29) is 25.8 Å². The second kappa shape index (κ2) is 17.4. The molecule has 2 aliphatic rings. The van der Waals surface area contributed by atoms with Crippen LogP contribution in [0.4, 0.5) is 4.79 Å². The number of allylic oxidation sites excluding steroid dienone is 1. The Hall–Kier alpha value is -6.11. The zero-order valence-electron chi connectivity index (χ0n) is 32.9. The lowest BCUT2D eigenvalue weighted by Gasteiger charge is -2.32. The second-order valence-electron chi connectivity index (χ2n) is 15.6. The van der Waals surface area contributed by atoms with Crippen molar-refractivity contribution in [2.24, 2.45) is 0 Å². The van der Waals surface area contributed by atoms with Crippen LogP contribution >= 0.6 is 0 Å². The maximum absolute atomic E-state index is 14.8. The predicted molar refractivity (Wildman–Crippen MR) is 214 cm³/mol. The Balaban J connectivity index is 1.40. The minimum Gasteiger partial charge on any atom is -0.497 e. The Morgan fingerprint density at radius 1 is 1.02 bits per heavy atom. The molecule has 0 aliphatic carbocycles. The molecule has 13 heteroatoms. The molecule has 2 aliphatic heterocycles. The minimum absolute atomic E-state index is 0.00905. The van der Waals surface area contributed by atoms with Crippen molar-refractivity contribution in [3.05, 3.63) is 96.6 Å². The third kappa shape index (κ3) is 10.2. The number of aliphatic carboxylic acids is 1. The second-order valence-corrected chi connectivity index (χ2v) is 15.6. The van der Waals surface area contributed by atoms with Gasteiger partial charge in [-0.25, -0.2) is 14.6 Å². The van der Waals surface area contributed by atoms with E-state index in [1.54, 1.807) is 40.0 Å². The summed E-state index contributed by atoms with van der Waals surface area (Å²) in [5, 5.41) is 16.5. The number of carboxylic acids is 1. The Labute approximate surface area is 332 Å².